The maximum atomic E-state index is 4.42. The van der Waals surface area contributed by atoms with E-state index in [-0.39, 0.29) is 0 Å². The van der Waals surface area contributed by atoms with Gasteiger partial charge < -0.3 is 10.2 Å². The largest absolute Gasteiger partial charge is 0.367 e. The van der Waals surface area contributed by atoms with Gasteiger partial charge in [0.1, 0.15) is 5.82 Å². The highest BCUT2D eigenvalue weighted by molar-refractivity contribution is 5.40. The topological polar surface area (TPSA) is 41.1 Å². The maximum Gasteiger partial charge on any atom is 0.226 e. The van der Waals surface area contributed by atoms with Crippen molar-refractivity contribution in [2.24, 2.45) is 5.92 Å². The smallest absolute Gasteiger partial charge is 0.226 e. The molecule has 0 fully saturated rings. The minimum atomic E-state index is 0.435. The van der Waals surface area contributed by atoms with E-state index in [2.05, 4.69) is 36.1 Å². The molecule has 0 radical (unpaired) electrons. The van der Waals surface area contributed by atoms with Crippen LogP contribution < -0.4 is 10.2 Å². The van der Waals surface area contributed by atoms with E-state index < -0.39 is 0 Å². The Morgan fingerprint density at radius 1 is 1.31 bits per heavy atom. The van der Waals surface area contributed by atoms with Crippen LogP contribution >= 0.6 is 0 Å². The molecule has 0 saturated heterocycles. The lowest BCUT2D eigenvalue weighted by Crippen LogP contribution is -2.19. The van der Waals surface area contributed by atoms with Crippen LogP contribution in [0.25, 0.3) is 0 Å². The third-order valence-corrected chi connectivity index (χ3v) is 2.26. The fourth-order valence-corrected chi connectivity index (χ4v) is 1.66. The van der Waals surface area contributed by atoms with E-state index in [1.54, 1.807) is 6.20 Å². The number of aromatic nitrogens is 2. The van der Waals surface area contributed by atoms with Crippen LogP contribution in [-0.4, -0.2) is 30.1 Å². The van der Waals surface area contributed by atoms with Crippen LogP contribution in [0.5, 0.6) is 0 Å². The molecule has 0 aliphatic rings. The molecule has 0 bridgehead atoms. The second kappa shape index (κ2) is 5.68. The summed E-state index contributed by atoms with van der Waals surface area (Å²) in [7, 11) is 3.88. The first-order chi connectivity index (χ1) is 7.49. The average Bonchev–Trinajstić information content (AvgIpc) is 2.16. The van der Waals surface area contributed by atoms with Crippen LogP contribution in [0.1, 0.15) is 27.2 Å². The molecule has 0 saturated carbocycles. The van der Waals surface area contributed by atoms with Gasteiger partial charge in [0, 0.05) is 26.3 Å². The molecule has 0 spiro atoms. The van der Waals surface area contributed by atoms with Crippen LogP contribution in [-0.2, 0) is 0 Å². The van der Waals surface area contributed by atoms with Gasteiger partial charge in [0.2, 0.25) is 5.95 Å². The quantitative estimate of drug-likeness (QED) is 0.830. The summed E-state index contributed by atoms with van der Waals surface area (Å²) in [5, 5.41) is 3.39. The number of hydrogen-bond acceptors (Lipinski definition) is 4. The van der Waals surface area contributed by atoms with E-state index in [4.69, 9.17) is 0 Å². The summed E-state index contributed by atoms with van der Waals surface area (Å²) in [5.41, 5.74) is 0. The zero-order valence-electron chi connectivity index (χ0n) is 10.9. The van der Waals surface area contributed by atoms with E-state index in [9.17, 15) is 0 Å². The van der Waals surface area contributed by atoms with Crippen LogP contribution in [0.15, 0.2) is 12.3 Å². The molecule has 4 heteroatoms. The molecule has 1 atom stereocenters. The van der Waals surface area contributed by atoms with Gasteiger partial charge in [-0.15, -0.1) is 0 Å². The van der Waals surface area contributed by atoms with E-state index in [0.717, 1.165) is 18.2 Å². The lowest BCUT2D eigenvalue weighted by atomic mass is 10.1. The molecule has 1 aromatic rings. The van der Waals surface area contributed by atoms with Crippen molar-refractivity contribution >= 4 is 11.8 Å². The lowest BCUT2D eigenvalue weighted by Gasteiger charge is -2.17. The summed E-state index contributed by atoms with van der Waals surface area (Å²) in [5.74, 6) is 2.33. The SMILES string of the molecule is CC(C)CC(C)Nc1ccnc(N(C)C)n1. The van der Waals surface area contributed by atoms with E-state index in [1.165, 1.54) is 0 Å². The van der Waals surface area contributed by atoms with E-state index >= 15 is 0 Å². The van der Waals surface area contributed by atoms with Crippen molar-refractivity contribution in [3.8, 4) is 0 Å². The highest BCUT2D eigenvalue weighted by atomic mass is 15.2. The van der Waals surface area contributed by atoms with Gasteiger partial charge in [-0.1, -0.05) is 13.8 Å². The predicted molar refractivity (Wildman–Crippen MR) is 68.9 cm³/mol. The Balaban J connectivity index is 2.63. The van der Waals surface area contributed by atoms with E-state index in [0.29, 0.717) is 12.0 Å². The average molecular weight is 222 g/mol. The van der Waals surface area contributed by atoms with Crippen molar-refractivity contribution in [3.63, 3.8) is 0 Å². The molecule has 1 N–H and O–H groups in total. The summed E-state index contributed by atoms with van der Waals surface area (Å²) in [6.07, 6.45) is 2.92. The minimum Gasteiger partial charge on any atom is -0.367 e. The molecule has 1 heterocycles. The van der Waals surface area contributed by atoms with E-state index in [1.807, 2.05) is 25.1 Å². The zero-order chi connectivity index (χ0) is 12.1. The van der Waals surface area contributed by atoms with Crippen LogP contribution in [0.3, 0.4) is 0 Å². The number of nitrogens with one attached hydrogen (secondary N) is 1. The van der Waals surface area contributed by atoms with Crippen LogP contribution in [0.2, 0.25) is 0 Å². The molecule has 4 nitrogen and oxygen atoms in total. The van der Waals surface area contributed by atoms with Gasteiger partial charge in [-0.25, -0.2) is 4.98 Å². The molecule has 16 heavy (non-hydrogen) atoms. The molecule has 0 aliphatic carbocycles. The minimum absolute atomic E-state index is 0.435. The van der Waals surface area contributed by atoms with Crippen molar-refractivity contribution in [1.82, 2.24) is 9.97 Å². The first kappa shape index (κ1) is 12.7. The number of hydrogen-bond donors (Lipinski definition) is 1. The second-order valence-corrected chi connectivity index (χ2v) is 4.81. The van der Waals surface area contributed by atoms with Crippen molar-refractivity contribution < 1.29 is 0 Å². The van der Waals surface area contributed by atoms with Crippen molar-refractivity contribution in [2.45, 2.75) is 33.2 Å². The molecule has 0 amide bonds. The van der Waals surface area contributed by atoms with Crippen molar-refractivity contribution in [2.75, 3.05) is 24.3 Å². The van der Waals surface area contributed by atoms with Gasteiger partial charge in [0.05, 0.1) is 0 Å². The third kappa shape index (κ3) is 4.04. The molecular formula is C12H22N4. The standard InChI is InChI=1S/C12H22N4/c1-9(2)8-10(3)14-11-6-7-13-12(15-11)16(4)5/h6-7,9-10H,8H2,1-5H3,(H,13,14,15). The second-order valence-electron chi connectivity index (χ2n) is 4.81. The van der Waals surface area contributed by atoms with Gasteiger partial charge in [-0.05, 0) is 25.3 Å². The van der Waals surface area contributed by atoms with Gasteiger partial charge in [-0.3, -0.25) is 0 Å². The van der Waals surface area contributed by atoms with Gasteiger partial charge in [-0.2, -0.15) is 4.98 Å². The summed E-state index contributed by atoms with van der Waals surface area (Å²) in [6.45, 7) is 6.63. The lowest BCUT2D eigenvalue weighted by molar-refractivity contribution is 0.539. The Kier molecular flexibility index (Phi) is 4.52. The predicted octanol–water partition coefficient (Wildman–Crippen LogP) is 2.39. The monoisotopic (exact) mass is 222 g/mol. The van der Waals surface area contributed by atoms with Crippen LogP contribution in [0.4, 0.5) is 11.8 Å². The Morgan fingerprint density at radius 3 is 2.56 bits per heavy atom. The first-order valence-electron chi connectivity index (χ1n) is 5.76. The summed E-state index contributed by atoms with van der Waals surface area (Å²) in [6, 6.07) is 2.34. The normalized spacial score (nSPS) is 12.6. The Morgan fingerprint density at radius 2 is 2.00 bits per heavy atom. The Bertz CT molecular complexity index is 323. The van der Waals surface area contributed by atoms with Crippen molar-refractivity contribution in [3.05, 3.63) is 12.3 Å². The number of rotatable bonds is 5. The first-order valence-corrected chi connectivity index (χ1v) is 5.76. The summed E-state index contributed by atoms with van der Waals surface area (Å²) >= 11 is 0. The van der Waals surface area contributed by atoms with Crippen molar-refractivity contribution in [1.29, 1.82) is 0 Å². The van der Waals surface area contributed by atoms with Crippen LogP contribution in [0, 0.1) is 5.92 Å². The molecule has 0 aliphatic heterocycles. The molecule has 1 aromatic heterocycles. The molecule has 0 aromatic carbocycles. The molecular weight excluding hydrogens is 200 g/mol. The number of nitrogens with zero attached hydrogens (tertiary/aromatic N) is 3. The highest BCUT2D eigenvalue weighted by Gasteiger charge is 2.06. The summed E-state index contributed by atoms with van der Waals surface area (Å²) in [4.78, 5) is 10.5. The maximum absolute atomic E-state index is 4.42. The Labute approximate surface area is 98.1 Å². The van der Waals surface area contributed by atoms with Gasteiger partial charge in [0.15, 0.2) is 0 Å². The highest BCUT2D eigenvalue weighted by Crippen LogP contribution is 2.12. The van der Waals surface area contributed by atoms with Gasteiger partial charge in [0.25, 0.3) is 0 Å². The fourth-order valence-electron chi connectivity index (χ4n) is 1.66. The zero-order valence-corrected chi connectivity index (χ0v) is 10.9. The molecule has 90 valence electrons. The summed E-state index contributed by atoms with van der Waals surface area (Å²) < 4.78 is 0. The molecule has 1 rings (SSSR count). The third-order valence-electron chi connectivity index (χ3n) is 2.26. The number of anilines is 2. The molecule has 1 unspecified atom stereocenters. The van der Waals surface area contributed by atoms with Gasteiger partial charge >= 0.3 is 0 Å². The Hall–Kier alpha value is -1.32. The fraction of sp³-hybridized carbons (Fsp3) is 0.667.